The molecule has 0 bridgehead atoms. The predicted octanol–water partition coefficient (Wildman–Crippen LogP) is 5.26. The van der Waals surface area contributed by atoms with Crippen molar-refractivity contribution in [1.82, 2.24) is 14.8 Å². The molecule has 0 atom stereocenters. The average molecular weight is 415 g/mol. The summed E-state index contributed by atoms with van der Waals surface area (Å²) in [6.07, 6.45) is 2.73. The Hall–Kier alpha value is -3.12. The van der Waals surface area contributed by atoms with Crippen LogP contribution in [0.2, 0.25) is 0 Å². The molecule has 1 aliphatic heterocycles. The van der Waals surface area contributed by atoms with E-state index in [1.807, 2.05) is 82.9 Å². The molecule has 2 aromatic heterocycles. The quantitative estimate of drug-likeness (QED) is 0.459. The van der Waals surface area contributed by atoms with E-state index < -0.39 is 0 Å². The Labute approximate surface area is 179 Å². The maximum Gasteiger partial charge on any atom is 0.259 e. The van der Waals surface area contributed by atoms with Crippen LogP contribution < -0.4 is 4.90 Å². The van der Waals surface area contributed by atoms with Gasteiger partial charge in [-0.25, -0.2) is 9.67 Å². The minimum absolute atomic E-state index is 0.00480. The van der Waals surface area contributed by atoms with Gasteiger partial charge in [0, 0.05) is 23.5 Å². The van der Waals surface area contributed by atoms with E-state index in [0.29, 0.717) is 18.7 Å². The fourth-order valence-corrected chi connectivity index (χ4v) is 4.89. The predicted molar refractivity (Wildman–Crippen MR) is 122 cm³/mol. The molecule has 1 amide bonds. The second-order valence-corrected chi connectivity index (χ2v) is 8.38. The Bertz CT molecular complexity index is 1220. The van der Waals surface area contributed by atoms with E-state index in [9.17, 15) is 4.79 Å². The van der Waals surface area contributed by atoms with Crippen LogP contribution in [0, 0.1) is 0 Å². The maximum absolute atomic E-state index is 13.9. The highest BCUT2D eigenvalue weighted by molar-refractivity contribution is 7.99. The van der Waals surface area contributed by atoms with Crippen LogP contribution in [0.4, 0.5) is 5.69 Å². The minimum atomic E-state index is 0.00480. The number of hydrogen-bond acceptors (Lipinski definition) is 4. The van der Waals surface area contributed by atoms with Crippen molar-refractivity contribution in [2.24, 2.45) is 0 Å². The van der Waals surface area contributed by atoms with Crippen LogP contribution in [-0.2, 0) is 6.54 Å². The number of rotatable bonds is 3. The van der Waals surface area contributed by atoms with Crippen molar-refractivity contribution in [1.29, 1.82) is 0 Å². The number of carbonyl (C=O) groups is 1. The van der Waals surface area contributed by atoms with Crippen LogP contribution in [0.15, 0.2) is 71.8 Å². The fraction of sp³-hybridized carbons (Fsp3) is 0.208. The average Bonchev–Trinajstić information content (AvgIpc) is 3.10. The zero-order valence-corrected chi connectivity index (χ0v) is 17.6. The van der Waals surface area contributed by atoms with Gasteiger partial charge in [-0.15, -0.1) is 11.8 Å². The van der Waals surface area contributed by atoms with Gasteiger partial charge in [-0.1, -0.05) is 42.5 Å². The van der Waals surface area contributed by atoms with Crippen LogP contribution in [-0.4, -0.2) is 33.0 Å². The Balaban J connectivity index is 1.68. The normalized spacial score (nSPS) is 13.8. The molecule has 1 aliphatic rings. The van der Waals surface area contributed by atoms with Gasteiger partial charge in [0.15, 0.2) is 5.65 Å². The summed E-state index contributed by atoms with van der Waals surface area (Å²) < 4.78 is 1.85. The van der Waals surface area contributed by atoms with Gasteiger partial charge in [-0.3, -0.25) is 4.79 Å². The number of amides is 1. The van der Waals surface area contributed by atoms with Crippen LogP contribution in [0.25, 0.3) is 22.3 Å². The minimum Gasteiger partial charge on any atom is -0.307 e. The molecule has 0 aliphatic carbocycles. The summed E-state index contributed by atoms with van der Waals surface area (Å²) in [5, 5.41) is 5.28. The van der Waals surface area contributed by atoms with Crippen molar-refractivity contribution in [3.8, 4) is 11.3 Å². The van der Waals surface area contributed by atoms with Crippen molar-refractivity contribution in [3.63, 3.8) is 0 Å². The van der Waals surface area contributed by atoms with Crippen molar-refractivity contribution < 1.29 is 4.79 Å². The van der Waals surface area contributed by atoms with E-state index in [0.717, 1.165) is 45.0 Å². The van der Waals surface area contributed by atoms with E-state index in [1.165, 1.54) is 0 Å². The van der Waals surface area contributed by atoms with E-state index >= 15 is 0 Å². The molecule has 30 heavy (non-hydrogen) atoms. The van der Waals surface area contributed by atoms with Gasteiger partial charge >= 0.3 is 0 Å². The molecule has 5 rings (SSSR count). The second kappa shape index (κ2) is 7.95. The first-order chi connectivity index (χ1) is 14.8. The molecular formula is C24H22N4OS. The van der Waals surface area contributed by atoms with Gasteiger partial charge in [-0.05, 0) is 37.3 Å². The first-order valence-electron chi connectivity index (χ1n) is 10.2. The number of anilines is 1. The number of benzene rings is 2. The summed E-state index contributed by atoms with van der Waals surface area (Å²) in [6.45, 7) is 3.44. The molecule has 6 heteroatoms. The molecule has 0 unspecified atom stereocenters. The number of pyridine rings is 1. The molecule has 0 saturated heterocycles. The molecule has 0 saturated carbocycles. The Morgan fingerprint density at radius 3 is 2.73 bits per heavy atom. The van der Waals surface area contributed by atoms with E-state index in [4.69, 9.17) is 4.98 Å². The third-order valence-electron chi connectivity index (χ3n) is 5.39. The Kier molecular flexibility index (Phi) is 5.01. The van der Waals surface area contributed by atoms with Crippen molar-refractivity contribution >= 4 is 34.4 Å². The molecule has 5 nitrogen and oxygen atoms in total. The number of fused-ring (bicyclic) bond motifs is 2. The number of thioether (sulfide) groups is 1. The monoisotopic (exact) mass is 414 g/mol. The summed E-state index contributed by atoms with van der Waals surface area (Å²) in [7, 11) is 0. The number of aromatic nitrogens is 3. The standard InChI is InChI=1S/C24H22N4OS/c1-2-28-23-19(16-25-28)18(15-20(26-23)17-9-4-3-5-10-17)24(29)27-13-8-14-30-22-12-7-6-11-21(22)27/h3-7,9-12,15-16H,2,8,13-14H2,1H3. The highest BCUT2D eigenvalue weighted by Crippen LogP contribution is 2.35. The van der Waals surface area contributed by atoms with Crippen molar-refractivity contribution in [3.05, 3.63) is 72.4 Å². The van der Waals surface area contributed by atoms with Crippen LogP contribution >= 0.6 is 11.8 Å². The molecule has 0 radical (unpaired) electrons. The van der Waals surface area contributed by atoms with Gasteiger partial charge in [-0.2, -0.15) is 5.10 Å². The van der Waals surface area contributed by atoms with E-state index in [-0.39, 0.29) is 5.91 Å². The number of aryl methyl sites for hydroxylation is 1. The molecule has 3 heterocycles. The van der Waals surface area contributed by atoms with Crippen molar-refractivity contribution in [2.75, 3.05) is 17.2 Å². The molecule has 0 spiro atoms. The fourth-order valence-electron chi connectivity index (χ4n) is 3.90. The highest BCUT2D eigenvalue weighted by atomic mass is 32.2. The summed E-state index contributed by atoms with van der Waals surface area (Å²) in [6, 6.07) is 20.1. The number of nitrogens with zero attached hydrogens (tertiary/aromatic N) is 4. The lowest BCUT2D eigenvalue weighted by atomic mass is 10.1. The van der Waals surface area contributed by atoms with Crippen LogP contribution in [0.3, 0.4) is 0 Å². The molecular weight excluding hydrogens is 392 g/mol. The number of para-hydroxylation sites is 1. The molecule has 0 N–H and O–H groups in total. The zero-order chi connectivity index (χ0) is 20.5. The van der Waals surface area contributed by atoms with Crippen molar-refractivity contribution in [2.45, 2.75) is 24.8 Å². The SMILES string of the molecule is CCn1ncc2c(C(=O)N3CCCSc4ccccc43)cc(-c3ccccc3)nc21. The summed E-state index contributed by atoms with van der Waals surface area (Å²) in [4.78, 5) is 21.8. The van der Waals surface area contributed by atoms with Gasteiger partial charge in [0.1, 0.15) is 0 Å². The first-order valence-corrected chi connectivity index (χ1v) is 11.2. The van der Waals surface area contributed by atoms with Gasteiger partial charge in [0.25, 0.3) is 5.91 Å². The summed E-state index contributed by atoms with van der Waals surface area (Å²) >= 11 is 1.81. The number of carbonyl (C=O) groups excluding carboxylic acids is 1. The molecule has 4 aromatic rings. The first kappa shape index (κ1) is 18.9. The molecule has 2 aromatic carbocycles. The summed E-state index contributed by atoms with van der Waals surface area (Å²) in [5.41, 5.74) is 4.17. The van der Waals surface area contributed by atoms with Gasteiger partial charge in [0.05, 0.1) is 28.5 Å². The zero-order valence-electron chi connectivity index (χ0n) is 16.8. The Morgan fingerprint density at radius 2 is 1.90 bits per heavy atom. The third kappa shape index (κ3) is 3.27. The Morgan fingerprint density at radius 1 is 1.10 bits per heavy atom. The van der Waals surface area contributed by atoms with E-state index in [2.05, 4.69) is 11.2 Å². The lowest BCUT2D eigenvalue weighted by Crippen LogP contribution is -2.32. The summed E-state index contributed by atoms with van der Waals surface area (Å²) in [5.74, 6) is 1.01. The lowest BCUT2D eigenvalue weighted by molar-refractivity contribution is 0.0988. The maximum atomic E-state index is 13.9. The third-order valence-corrected chi connectivity index (χ3v) is 6.54. The smallest absolute Gasteiger partial charge is 0.259 e. The molecule has 150 valence electrons. The van der Waals surface area contributed by atoms with Gasteiger partial charge < -0.3 is 4.90 Å². The number of hydrogen-bond donors (Lipinski definition) is 0. The van der Waals surface area contributed by atoms with Crippen LogP contribution in [0.5, 0.6) is 0 Å². The van der Waals surface area contributed by atoms with Gasteiger partial charge in [0.2, 0.25) is 0 Å². The van der Waals surface area contributed by atoms with E-state index in [1.54, 1.807) is 6.20 Å². The second-order valence-electron chi connectivity index (χ2n) is 7.25. The largest absolute Gasteiger partial charge is 0.307 e. The van der Waals surface area contributed by atoms with Crippen LogP contribution in [0.1, 0.15) is 23.7 Å². The highest BCUT2D eigenvalue weighted by Gasteiger charge is 2.26. The topological polar surface area (TPSA) is 51.0 Å². The molecule has 0 fully saturated rings. The lowest BCUT2D eigenvalue weighted by Gasteiger charge is -2.23.